The summed E-state index contributed by atoms with van der Waals surface area (Å²) in [6.07, 6.45) is 3.30. The number of ether oxygens (including phenoxy) is 1. The molecule has 0 radical (unpaired) electrons. The molecule has 1 unspecified atom stereocenters. The van der Waals surface area contributed by atoms with Gasteiger partial charge in [0.15, 0.2) is 0 Å². The average Bonchev–Trinajstić information content (AvgIpc) is 3.23. The molecule has 1 saturated carbocycles. The topological polar surface area (TPSA) is 38.5 Å². The minimum atomic E-state index is -0.231. The highest BCUT2D eigenvalue weighted by atomic mass is 19.1. The predicted molar refractivity (Wildman–Crippen MR) is 74.4 cm³/mol. The Morgan fingerprint density at radius 3 is 2.74 bits per heavy atom. The zero-order chi connectivity index (χ0) is 13.7. The van der Waals surface area contributed by atoms with Crippen LogP contribution in [0.1, 0.15) is 30.9 Å². The SMILES string of the molecule is COCCN(CCC(N)c1ccccc1F)C1CC1. The second-order valence-electron chi connectivity index (χ2n) is 5.18. The van der Waals surface area contributed by atoms with Crippen LogP contribution in [-0.2, 0) is 4.74 Å². The molecule has 0 saturated heterocycles. The lowest BCUT2D eigenvalue weighted by molar-refractivity contribution is 0.141. The van der Waals surface area contributed by atoms with Gasteiger partial charge in [-0.25, -0.2) is 4.39 Å². The Hall–Kier alpha value is -0.970. The fourth-order valence-corrected chi connectivity index (χ4v) is 2.36. The van der Waals surface area contributed by atoms with Gasteiger partial charge in [-0.05, 0) is 25.3 Å². The fraction of sp³-hybridized carbons (Fsp3) is 0.600. The Morgan fingerprint density at radius 1 is 1.37 bits per heavy atom. The summed E-state index contributed by atoms with van der Waals surface area (Å²) in [5.74, 6) is -0.204. The molecule has 4 heteroatoms. The second-order valence-corrected chi connectivity index (χ2v) is 5.18. The maximum Gasteiger partial charge on any atom is 0.127 e. The molecule has 2 rings (SSSR count). The van der Waals surface area contributed by atoms with Gasteiger partial charge in [0.1, 0.15) is 5.82 Å². The highest BCUT2D eigenvalue weighted by molar-refractivity contribution is 5.20. The molecule has 0 bridgehead atoms. The molecule has 106 valence electrons. The number of hydrogen-bond donors (Lipinski definition) is 1. The van der Waals surface area contributed by atoms with Crippen molar-refractivity contribution < 1.29 is 9.13 Å². The zero-order valence-electron chi connectivity index (χ0n) is 11.5. The standard InChI is InChI=1S/C15H23FN2O/c1-19-11-10-18(12-6-7-12)9-8-15(17)13-4-2-3-5-14(13)16/h2-5,12,15H,6-11,17H2,1H3. The minimum absolute atomic E-state index is 0.204. The van der Waals surface area contributed by atoms with E-state index < -0.39 is 0 Å². The van der Waals surface area contributed by atoms with Crippen molar-refractivity contribution in [2.75, 3.05) is 26.8 Å². The van der Waals surface area contributed by atoms with Gasteiger partial charge in [0, 0.05) is 37.8 Å². The first-order chi connectivity index (χ1) is 9.22. The van der Waals surface area contributed by atoms with Crippen LogP contribution < -0.4 is 5.73 Å². The Balaban J connectivity index is 1.84. The maximum absolute atomic E-state index is 13.6. The van der Waals surface area contributed by atoms with Gasteiger partial charge in [0.25, 0.3) is 0 Å². The van der Waals surface area contributed by atoms with Gasteiger partial charge in [0.05, 0.1) is 6.61 Å². The Morgan fingerprint density at radius 2 is 2.11 bits per heavy atom. The maximum atomic E-state index is 13.6. The summed E-state index contributed by atoms with van der Waals surface area (Å²) >= 11 is 0. The molecule has 2 N–H and O–H groups in total. The Labute approximate surface area is 114 Å². The fourth-order valence-electron chi connectivity index (χ4n) is 2.36. The monoisotopic (exact) mass is 266 g/mol. The number of hydrogen-bond acceptors (Lipinski definition) is 3. The molecule has 19 heavy (non-hydrogen) atoms. The van der Waals surface area contributed by atoms with E-state index in [1.165, 1.54) is 18.9 Å². The Kier molecular flexibility index (Phi) is 5.31. The third-order valence-corrected chi connectivity index (χ3v) is 3.68. The number of nitrogens with zero attached hydrogens (tertiary/aromatic N) is 1. The lowest BCUT2D eigenvalue weighted by Gasteiger charge is -2.23. The minimum Gasteiger partial charge on any atom is -0.383 e. The van der Waals surface area contributed by atoms with E-state index in [9.17, 15) is 4.39 Å². The van der Waals surface area contributed by atoms with Gasteiger partial charge < -0.3 is 10.5 Å². The van der Waals surface area contributed by atoms with Crippen molar-refractivity contribution in [1.82, 2.24) is 4.90 Å². The lowest BCUT2D eigenvalue weighted by atomic mass is 10.0. The van der Waals surface area contributed by atoms with Gasteiger partial charge in [-0.15, -0.1) is 0 Å². The van der Waals surface area contributed by atoms with Crippen LogP contribution in [0, 0.1) is 5.82 Å². The summed E-state index contributed by atoms with van der Waals surface area (Å²) in [6, 6.07) is 7.23. The molecule has 1 aliphatic carbocycles. The number of halogens is 1. The van der Waals surface area contributed by atoms with Crippen molar-refractivity contribution in [3.8, 4) is 0 Å². The molecule has 1 aromatic carbocycles. The van der Waals surface area contributed by atoms with E-state index in [0.29, 0.717) is 11.6 Å². The summed E-state index contributed by atoms with van der Waals surface area (Å²) in [5.41, 5.74) is 6.71. The smallest absolute Gasteiger partial charge is 0.127 e. The third-order valence-electron chi connectivity index (χ3n) is 3.68. The lowest BCUT2D eigenvalue weighted by Crippen LogP contribution is -2.32. The van der Waals surface area contributed by atoms with Crippen LogP contribution in [0.15, 0.2) is 24.3 Å². The molecular weight excluding hydrogens is 243 g/mol. The quantitative estimate of drug-likeness (QED) is 0.785. The first-order valence-corrected chi connectivity index (χ1v) is 6.95. The summed E-state index contributed by atoms with van der Waals surface area (Å²) in [6.45, 7) is 2.58. The van der Waals surface area contributed by atoms with Crippen molar-refractivity contribution in [2.45, 2.75) is 31.3 Å². The van der Waals surface area contributed by atoms with Crippen molar-refractivity contribution in [3.63, 3.8) is 0 Å². The number of methoxy groups -OCH3 is 1. The van der Waals surface area contributed by atoms with Gasteiger partial charge in [0.2, 0.25) is 0 Å². The summed E-state index contributed by atoms with van der Waals surface area (Å²) in [4.78, 5) is 2.41. The number of benzene rings is 1. The van der Waals surface area contributed by atoms with E-state index in [0.717, 1.165) is 26.1 Å². The molecule has 0 aliphatic heterocycles. The molecule has 0 spiro atoms. The molecule has 0 amide bonds. The van der Waals surface area contributed by atoms with Gasteiger partial charge in [-0.3, -0.25) is 4.90 Å². The van der Waals surface area contributed by atoms with Crippen LogP contribution in [0.25, 0.3) is 0 Å². The average molecular weight is 266 g/mol. The second kappa shape index (κ2) is 6.98. The van der Waals surface area contributed by atoms with Crippen LogP contribution in [0.4, 0.5) is 4.39 Å². The molecule has 1 aromatic rings. The van der Waals surface area contributed by atoms with Crippen LogP contribution >= 0.6 is 0 Å². The van der Waals surface area contributed by atoms with Crippen LogP contribution in [0.5, 0.6) is 0 Å². The van der Waals surface area contributed by atoms with E-state index >= 15 is 0 Å². The summed E-state index contributed by atoms with van der Waals surface area (Å²) in [7, 11) is 1.72. The molecule has 3 nitrogen and oxygen atoms in total. The molecule has 1 atom stereocenters. The van der Waals surface area contributed by atoms with E-state index in [2.05, 4.69) is 4.90 Å². The third kappa shape index (κ3) is 4.27. The molecule has 1 fully saturated rings. The van der Waals surface area contributed by atoms with Crippen LogP contribution in [0.3, 0.4) is 0 Å². The first kappa shape index (κ1) is 14.4. The van der Waals surface area contributed by atoms with Gasteiger partial charge >= 0.3 is 0 Å². The highest BCUT2D eigenvalue weighted by Crippen LogP contribution is 2.27. The van der Waals surface area contributed by atoms with E-state index in [-0.39, 0.29) is 11.9 Å². The van der Waals surface area contributed by atoms with Crippen LogP contribution in [0.2, 0.25) is 0 Å². The van der Waals surface area contributed by atoms with Crippen molar-refractivity contribution in [1.29, 1.82) is 0 Å². The van der Waals surface area contributed by atoms with E-state index in [4.69, 9.17) is 10.5 Å². The van der Waals surface area contributed by atoms with E-state index in [1.807, 2.05) is 6.07 Å². The van der Waals surface area contributed by atoms with Crippen molar-refractivity contribution in [2.24, 2.45) is 5.73 Å². The largest absolute Gasteiger partial charge is 0.383 e. The highest BCUT2D eigenvalue weighted by Gasteiger charge is 2.28. The first-order valence-electron chi connectivity index (χ1n) is 6.95. The molecule has 1 aliphatic rings. The number of nitrogens with two attached hydrogens (primary N) is 1. The van der Waals surface area contributed by atoms with Gasteiger partial charge in [-0.2, -0.15) is 0 Å². The Bertz CT molecular complexity index is 395. The van der Waals surface area contributed by atoms with Gasteiger partial charge in [-0.1, -0.05) is 18.2 Å². The molecule has 0 aromatic heterocycles. The van der Waals surface area contributed by atoms with E-state index in [1.54, 1.807) is 19.2 Å². The summed E-state index contributed by atoms with van der Waals surface area (Å²) in [5, 5.41) is 0. The predicted octanol–water partition coefficient (Wildman–Crippen LogP) is 2.33. The van der Waals surface area contributed by atoms with Crippen LogP contribution in [-0.4, -0.2) is 37.7 Å². The van der Waals surface area contributed by atoms with Crippen molar-refractivity contribution in [3.05, 3.63) is 35.6 Å². The normalized spacial score (nSPS) is 16.8. The zero-order valence-corrected chi connectivity index (χ0v) is 11.5. The summed E-state index contributed by atoms with van der Waals surface area (Å²) < 4.78 is 18.8. The number of rotatable bonds is 8. The molecular formula is C15H23FN2O. The molecule has 0 heterocycles. The van der Waals surface area contributed by atoms with Crippen molar-refractivity contribution >= 4 is 0 Å².